The van der Waals surface area contributed by atoms with Crippen LogP contribution in [0.4, 0.5) is 0 Å². The first kappa shape index (κ1) is 13.5. The van der Waals surface area contributed by atoms with Gasteiger partial charge in [-0.25, -0.2) is 0 Å². The van der Waals surface area contributed by atoms with Crippen molar-refractivity contribution in [1.82, 2.24) is 25.5 Å². The lowest BCUT2D eigenvalue weighted by Crippen LogP contribution is -2.19. The second kappa shape index (κ2) is 6.28. The van der Waals surface area contributed by atoms with Gasteiger partial charge in [0.1, 0.15) is 0 Å². The molecule has 5 heteroatoms. The van der Waals surface area contributed by atoms with Crippen LogP contribution in [0.5, 0.6) is 0 Å². The quantitative estimate of drug-likeness (QED) is 0.753. The van der Waals surface area contributed by atoms with Gasteiger partial charge in [0, 0.05) is 42.3 Å². The zero-order valence-electron chi connectivity index (χ0n) is 11.8. The molecule has 0 bridgehead atoms. The third-order valence-corrected chi connectivity index (χ3v) is 3.40. The van der Waals surface area contributed by atoms with Crippen molar-refractivity contribution in [1.29, 1.82) is 0 Å². The maximum absolute atomic E-state index is 4.36. The predicted octanol–water partition coefficient (Wildman–Crippen LogP) is 2.72. The highest BCUT2D eigenvalue weighted by Crippen LogP contribution is 2.20. The van der Waals surface area contributed by atoms with Crippen molar-refractivity contribution >= 4 is 0 Å². The number of nitrogens with zero attached hydrogens (tertiary/aromatic N) is 3. The molecule has 0 aliphatic rings. The van der Waals surface area contributed by atoms with Crippen molar-refractivity contribution in [3.05, 3.63) is 66.4 Å². The number of pyridine rings is 2. The summed E-state index contributed by atoms with van der Waals surface area (Å²) in [6, 6.07) is 10.1. The first-order chi connectivity index (χ1) is 10.3. The van der Waals surface area contributed by atoms with Gasteiger partial charge in [-0.3, -0.25) is 15.1 Å². The van der Waals surface area contributed by atoms with Crippen LogP contribution in [-0.4, -0.2) is 20.2 Å². The smallest absolute Gasteiger partial charge is 0.0710 e. The summed E-state index contributed by atoms with van der Waals surface area (Å²) in [6.45, 7) is 2.82. The van der Waals surface area contributed by atoms with E-state index in [4.69, 9.17) is 0 Å². The van der Waals surface area contributed by atoms with Crippen LogP contribution in [0.25, 0.3) is 11.3 Å². The molecule has 0 amide bonds. The minimum absolute atomic E-state index is 0.183. The SMILES string of the molecule is C[C@H](NCc1cn[nH]c1-c1cccnc1)c1ccccn1. The number of hydrogen-bond acceptors (Lipinski definition) is 4. The number of nitrogens with one attached hydrogen (secondary N) is 2. The molecule has 3 aromatic heterocycles. The molecule has 0 aliphatic heterocycles. The van der Waals surface area contributed by atoms with Gasteiger partial charge in [0.05, 0.1) is 17.6 Å². The molecule has 0 saturated carbocycles. The van der Waals surface area contributed by atoms with Crippen LogP contribution in [-0.2, 0) is 6.54 Å². The first-order valence-corrected chi connectivity index (χ1v) is 6.91. The van der Waals surface area contributed by atoms with E-state index < -0.39 is 0 Å². The van der Waals surface area contributed by atoms with Crippen molar-refractivity contribution in [2.24, 2.45) is 0 Å². The summed E-state index contributed by atoms with van der Waals surface area (Å²) in [6.07, 6.45) is 7.26. The lowest BCUT2D eigenvalue weighted by atomic mass is 10.1. The van der Waals surface area contributed by atoms with E-state index in [1.54, 1.807) is 6.20 Å². The average Bonchev–Trinajstić information content (AvgIpc) is 3.03. The van der Waals surface area contributed by atoms with Crippen LogP contribution in [0, 0.1) is 0 Å². The zero-order chi connectivity index (χ0) is 14.5. The Hall–Kier alpha value is -2.53. The molecule has 21 heavy (non-hydrogen) atoms. The summed E-state index contributed by atoms with van der Waals surface area (Å²) in [5.41, 5.74) is 4.19. The maximum atomic E-state index is 4.36. The zero-order valence-corrected chi connectivity index (χ0v) is 11.8. The molecule has 0 aliphatic carbocycles. The summed E-state index contributed by atoms with van der Waals surface area (Å²) in [4.78, 5) is 8.51. The largest absolute Gasteiger partial charge is 0.305 e. The van der Waals surface area contributed by atoms with Crippen molar-refractivity contribution in [3.8, 4) is 11.3 Å². The Bertz CT molecular complexity index is 678. The molecule has 3 heterocycles. The fourth-order valence-electron chi connectivity index (χ4n) is 2.21. The number of aromatic nitrogens is 4. The van der Waals surface area contributed by atoms with Crippen LogP contribution >= 0.6 is 0 Å². The molecular formula is C16H17N5. The van der Waals surface area contributed by atoms with E-state index in [9.17, 15) is 0 Å². The monoisotopic (exact) mass is 279 g/mol. The van der Waals surface area contributed by atoms with Gasteiger partial charge >= 0.3 is 0 Å². The fourth-order valence-corrected chi connectivity index (χ4v) is 2.21. The molecule has 0 saturated heterocycles. The van der Waals surface area contributed by atoms with Crippen LogP contribution in [0.15, 0.2) is 55.1 Å². The second-order valence-electron chi connectivity index (χ2n) is 4.87. The minimum atomic E-state index is 0.183. The lowest BCUT2D eigenvalue weighted by Gasteiger charge is -2.13. The lowest BCUT2D eigenvalue weighted by molar-refractivity contribution is 0.562. The summed E-state index contributed by atoms with van der Waals surface area (Å²) >= 11 is 0. The van der Waals surface area contributed by atoms with E-state index in [0.717, 1.165) is 29.1 Å². The van der Waals surface area contributed by atoms with E-state index in [2.05, 4.69) is 32.4 Å². The third kappa shape index (κ3) is 3.14. The normalized spacial score (nSPS) is 12.2. The fraction of sp³-hybridized carbons (Fsp3) is 0.188. The highest BCUT2D eigenvalue weighted by Gasteiger charge is 2.10. The molecule has 0 aromatic carbocycles. The summed E-state index contributed by atoms with van der Waals surface area (Å²) in [5.74, 6) is 0. The predicted molar refractivity (Wildman–Crippen MR) is 81.3 cm³/mol. The average molecular weight is 279 g/mol. The molecule has 3 aromatic rings. The Kier molecular flexibility index (Phi) is 4.02. The summed E-state index contributed by atoms with van der Waals surface area (Å²) in [5, 5.41) is 10.6. The number of H-pyrrole nitrogens is 1. The molecule has 2 N–H and O–H groups in total. The van der Waals surface area contributed by atoms with Gasteiger partial charge in [-0.15, -0.1) is 0 Å². The number of hydrogen-bond donors (Lipinski definition) is 2. The molecule has 0 unspecified atom stereocenters. The van der Waals surface area contributed by atoms with Crippen molar-refractivity contribution < 1.29 is 0 Å². The summed E-state index contributed by atoms with van der Waals surface area (Å²) in [7, 11) is 0. The van der Waals surface area contributed by atoms with Crippen molar-refractivity contribution in [2.45, 2.75) is 19.5 Å². The van der Waals surface area contributed by atoms with Crippen molar-refractivity contribution in [3.63, 3.8) is 0 Å². The molecule has 0 fully saturated rings. The van der Waals surface area contributed by atoms with Gasteiger partial charge in [-0.05, 0) is 31.2 Å². The van der Waals surface area contributed by atoms with Crippen LogP contribution < -0.4 is 5.32 Å². The number of aromatic amines is 1. The molecular weight excluding hydrogens is 262 g/mol. The summed E-state index contributed by atoms with van der Waals surface area (Å²) < 4.78 is 0. The minimum Gasteiger partial charge on any atom is -0.305 e. The van der Waals surface area contributed by atoms with E-state index >= 15 is 0 Å². The topological polar surface area (TPSA) is 66.5 Å². The van der Waals surface area contributed by atoms with E-state index in [1.807, 2.05) is 48.9 Å². The standard InChI is InChI=1S/C16H17N5/c1-12(15-6-2-3-8-18-15)19-10-14-11-20-21-16(14)13-5-4-7-17-9-13/h2-9,11-12,19H,10H2,1H3,(H,20,21)/t12-/m0/s1. The Morgan fingerprint density at radius 2 is 2.10 bits per heavy atom. The molecule has 0 radical (unpaired) electrons. The highest BCUT2D eigenvalue weighted by atomic mass is 15.1. The molecule has 0 spiro atoms. The van der Waals surface area contributed by atoms with Gasteiger partial charge in [0.25, 0.3) is 0 Å². The molecule has 106 valence electrons. The third-order valence-electron chi connectivity index (χ3n) is 3.40. The molecule has 5 nitrogen and oxygen atoms in total. The maximum Gasteiger partial charge on any atom is 0.0710 e. The Labute approximate surface area is 123 Å². The van der Waals surface area contributed by atoms with E-state index in [-0.39, 0.29) is 6.04 Å². The molecule has 3 rings (SSSR count). The Morgan fingerprint density at radius 1 is 1.14 bits per heavy atom. The van der Waals surface area contributed by atoms with E-state index in [0.29, 0.717) is 0 Å². The molecule has 1 atom stereocenters. The Balaban J connectivity index is 1.71. The first-order valence-electron chi connectivity index (χ1n) is 6.91. The van der Waals surface area contributed by atoms with Gasteiger partial charge in [0.15, 0.2) is 0 Å². The second-order valence-corrected chi connectivity index (χ2v) is 4.87. The van der Waals surface area contributed by atoms with Gasteiger partial charge < -0.3 is 5.32 Å². The highest BCUT2D eigenvalue weighted by molar-refractivity contribution is 5.61. The number of rotatable bonds is 5. The van der Waals surface area contributed by atoms with E-state index in [1.165, 1.54) is 0 Å². The van der Waals surface area contributed by atoms with Gasteiger partial charge in [-0.2, -0.15) is 5.10 Å². The van der Waals surface area contributed by atoms with Crippen LogP contribution in [0.3, 0.4) is 0 Å². The van der Waals surface area contributed by atoms with Crippen molar-refractivity contribution in [2.75, 3.05) is 0 Å². The van der Waals surface area contributed by atoms with Gasteiger partial charge in [-0.1, -0.05) is 6.07 Å². The Morgan fingerprint density at radius 3 is 2.86 bits per heavy atom. The van der Waals surface area contributed by atoms with Gasteiger partial charge in [0.2, 0.25) is 0 Å². The van der Waals surface area contributed by atoms with Crippen LogP contribution in [0.1, 0.15) is 24.2 Å². The van der Waals surface area contributed by atoms with Crippen LogP contribution in [0.2, 0.25) is 0 Å².